The maximum atomic E-state index is 11.6. The number of para-hydroxylation sites is 2. The summed E-state index contributed by atoms with van der Waals surface area (Å²) in [5.74, 6) is 0.492. The quantitative estimate of drug-likeness (QED) is 0.633. The van der Waals surface area contributed by atoms with Crippen LogP contribution in [0.25, 0.3) is 0 Å². The Balaban J connectivity index is 1.74. The summed E-state index contributed by atoms with van der Waals surface area (Å²) in [6.45, 7) is 0.795. The van der Waals surface area contributed by atoms with Crippen LogP contribution in [0.2, 0.25) is 0 Å². The summed E-state index contributed by atoms with van der Waals surface area (Å²) in [6, 6.07) is 7.25. The summed E-state index contributed by atoms with van der Waals surface area (Å²) in [7, 11) is 0. The molecule has 2 rings (SSSR count). The van der Waals surface area contributed by atoms with Gasteiger partial charge in [0.1, 0.15) is 17.2 Å². The Bertz CT molecular complexity index is 514. The summed E-state index contributed by atoms with van der Waals surface area (Å²) >= 11 is 1.30. The highest BCUT2D eigenvalue weighted by atomic mass is 32.1. The first-order chi connectivity index (χ1) is 8.77. The summed E-state index contributed by atoms with van der Waals surface area (Å²) in [5, 5.41) is 2.74. The normalized spacial score (nSPS) is 10.0. The number of ether oxygens (including phenoxy) is 1. The Morgan fingerprint density at radius 1 is 1.44 bits per heavy atom. The monoisotopic (exact) mass is 263 g/mol. The van der Waals surface area contributed by atoms with E-state index in [2.05, 4.69) is 10.3 Å². The van der Waals surface area contributed by atoms with E-state index in [-0.39, 0.29) is 5.91 Å². The fourth-order valence-corrected chi connectivity index (χ4v) is 1.89. The molecule has 94 valence electrons. The van der Waals surface area contributed by atoms with E-state index in [1.54, 1.807) is 17.6 Å². The van der Waals surface area contributed by atoms with E-state index in [0.29, 0.717) is 29.5 Å². The number of carbonyl (C=O) groups excluding carboxylic acids is 1. The van der Waals surface area contributed by atoms with E-state index in [0.717, 1.165) is 0 Å². The van der Waals surface area contributed by atoms with Crippen molar-refractivity contribution in [3.8, 4) is 5.75 Å². The Labute approximate surface area is 109 Å². The molecule has 2 aromatic rings. The van der Waals surface area contributed by atoms with Gasteiger partial charge in [-0.3, -0.25) is 9.78 Å². The van der Waals surface area contributed by atoms with Crippen LogP contribution < -0.4 is 15.8 Å². The van der Waals surface area contributed by atoms with Gasteiger partial charge in [0.2, 0.25) is 0 Å². The zero-order valence-electron chi connectivity index (χ0n) is 9.63. The topological polar surface area (TPSA) is 77.2 Å². The molecule has 5 nitrogen and oxygen atoms in total. The molecule has 0 aliphatic carbocycles. The minimum Gasteiger partial charge on any atom is -0.490 e. The molecule has 6 heteroatoms. The number of anilines is 1. The maximum Gasteiger partial charge on any atom is 0.263 e. The third-order valence-electron chi connectivity index (χ3n) is 2.22. The number of benzene rings is 1. The second-order valence-corrected chi connectivity index (χ2v) is 4.39. The molecular weight excluding hydrogens is 250 g/mol. The van der Waals surface area contributed by atoms with Gasteiger partial charge in [-0.05, 0) is 12.1 Å². The zero-order chi connectivity index (χ0) is 12.8. The van der Waals surface area contributed by atoms with Crippen molar-refractivity contribution in [2.45, 2.75) is 0 Å². The zero-order valence-corrected chi connectivity index (χ0v) is 10.4. The number of nitrogens with one attached hydrogen (secondary N) is 1. The molecule has 0 atom stereocenters. The van der Waals surface area contributed by atoms with Crippen LogP contribution >= 0.6 is 11.3 Å². The fourth-order valence-electron chi connectivity index (χ4n) is 1.35. The molecule has 0 bridgehead atoms. The molecule has 0 aliphatic rings. The number of rotatable bonds is 5. The minimum absolute atomic E-state index is 0.137. The van der Waals surface area contributed by atoms with Gasteiger partial charge in [0, 0.05) is 0 Å². The van der Waals surface area contributed by atoms with Crippen molar-refractivity contribution in [3.05, 3.63) is 40.8 Å². The van der Waals surface area contributed by atoms with E-state index in [1.807, 2.05) is 12.1 Å². The maximum absolute atomic E-state index is 11.6. The van der Waals surface area contributed by atoms with Crippen LogP contribution in [0.4, 0.5) is 5.69 Å². The average molecular weight is 263 g/mol. The molecule has 3 N–H and O–H groups in total. The Kier molecular flexibility index (Phi) is 4.14. The summed E-state index contributed by atoms with van der Waals surface area (Å²) < 4.78 is 5.45. The Morgan fingerprint density at radius 3 is 3.00 bits per heavy atom. The largest absolute Gasteiger partial charge is 0.490 e. The van der Waals surface area contributed by atoms with Crippen LogP contribution in [0.1, 0.15) is 9.67 Å². The van der Waals surface area contributed by atoms with Gasteiger partial charge < -0.3 is 15.8 Å². The molecule has 0 unspecified atom stereocenters. The molecule has 0 saturated heterocycles. The van der Waals surface area contributed by atoms with Crippen LogP contribution in [0, 0.1) is 0 Å². The van der Waals surface area contributed by atoms with Crippen LogP contribution in [-0.4, -0.2) is 24.0 Å². The molecule has 1 aromatic heterocycles. The highest BCUT2D eigenvalue weighted by Crippen LogP contribution is 2.19. The van der Waals surface area contributed by atoms with E-state index >= 15 is 0 Å². The van der Waals surface area contributed by atoms with Crippen LogP contribution in [0.3, 0.4) is 0 Å². The summed E-state index contributed by atoms with van der Waals surface area (Å²) in [6.07, 6.45) is 1.54. The van der Waals surface area contributed by atoms with E-state index in [9.17, 15) is 4.79 Å². The Hall–Kier alpha value is -2.08. The van der Waals surface area contributed by atoms with Crippen molar-refractivity contribution in [1.82, 2.24) is 10.3 Å². The number of hydrogen-bond acceptors (Lipinski definition) is 5. The molecule has 1 amide bonds. The number of hydrogen-bond donors (Lipinski definition) is 2. The number of nitrogens with two attached hydrogens (primary N) is 1. The van der Waals surface area contributed by atoms with Gasteiger partial charge in [-0.25, -0.2) is 0 Å². The van der Waals surface area contributed by atoms with Gasteiger partial charge in [0.05, 0.1) is 23.9 Å². The second kappa shape index (κ2) is 6.02. The van der Waals surface area contributed by atoms with Gasteiger partial charge in [-0.15, -0.1) is 11.3 Å². The minimum atomic E-state index is -0.137. The van der Waals surface area contributed by atoms with Crippen LogP contribution in [0.5, 0.6) is 5.75 Å². The number of thiazole rings is 1. The summed E-state index contributed by atoms with van der Waals surface area (Å²) in [4.78, 5) is 16.0. The predicted molar refractivity (Wildman–Crippen MR) is 70.8 cm³/mol. The third-order valence-corrected chi connectivity index (χ3v) is 2.99. The first kappa shape index (κ1) is 12.4. The van der Waals surface area contributed by atoms with Crippen molar-refractivity contribution in [1.29, 1.82) is 0 Å². The van der Waals surface area contributed by atoms with Crippen molar-refractivity contribution in [2.24, 2.45) is 0 Å². The SMILES string of the molecule is Nc1ccccc1OCCNC(=O)c1cncs1. The number of aromatic nitrogens is 1. The molecule has 0 spiro atoms. The first-order valence-electron chi connectivity index (χ1n) is 5.41. The summed E-state index contributed by atoms with van der Waals surface area (Å²) in [5.41, 5.74) is 7.93. The molecular formula is C12H13N3O2S. The van der Waals surface area contributed by atoms with Gasteiger partial charge in [-0.2, -0.15) is 0 Å². The van der Waals surface area contributed by atoms with Crippen molar-refractivity contribution >= 4 is 22.9 Å². The lowest BCUT2D eigenvalue weighted by molar-refractivity contribution is 0.0951. The van der Waals surface area contributed by atoms with Crippen LogP contribution in [0.15, 0.2) is 36.0 Å². The number of amides is 1. The van der Waals surface area contributed by atoms with Crippen LogP contribution in [-0.2, 0) is 0 Å². The molecule has 1 heterocycles. The molecule has 0 saturated carbocycles. The molecule has 0 fully saturated rings. The highest BCUT2D eigenvalue weighted by molar-refractivity contribution is 7.11. The molecule has 0 aliphatic heterocycles. The average Bonchev–Trinajstić information content (AvgIpc) is 2.90. The smallest absolute Gasteiger partial charge is 0.263 e. The lowest BCUT2D eigenvalue weighted by atomic mass is 10.3. The standard InChI is InChI=1S/C12H13N3O2S/c13-9-3-1-2-4-10(9)17-6-5-15-12(16)11-7-14-8-18-11/h1-4,7-8H,5-6,13H2,(H,15,16). The predicted octanol–water partition coefficient (Wildman–Crippen LogP) is 1.53. The third kappa shape index (κ3) is 3.21. The van der Waals surface area contributed by atoms with Gasteiger partial charge >= 0.3 is 0 Å². The van der Waals surface area contributed by atoms with Crippen molar-refractivity contribution < 1.29 is 9.53 Å². The van der Waals surface area contributed by atoms with Gasteiger partial charge in [0.25, 0.3) is 5.91 Å². The molecule has 1 aromatic carbocycles. The first-order valence-corrected chi connectivity index (χ1v) is 6.29. The van der Waals surface area contributed by atoms with E-state index in [4.69, 9.17) is 10.5 Å². The van der Waals surface area contributed by atoms with Gasteiger partial charge in [-0.1, -0.05) is 12.1 Å². The van der Waals surface area contributed by atoms with E-state index < -0.39 is 0 Å². The van der Waals surface area contributed by atoms with Gasteiger partial charge in [0.15, 0.2) is 0 Å². The molecule has 0 radical (unpaired) electrons. The fraction of sp³-hybridized carbons (Fsp3) is 0.167. The van der Waals surface area contributed by atoms with E-state index in [1.165, 1.54) is 17.5 Å². The number of nitrogen functional groups attached to an aromatic ring is 1. The highest BCUT2D eigenvalue weighted by Gasteiger charge is 2.06. The number of carbonyl (C=O) groups is 1. The van der Waals surface area contributed by atoms with Crippen molar-refractivity contribution in [3.63, 3.8) is 0 Å². The lowest BCUT2D eigenvalue weighted by Gasteiger charge is -2.08. The lowest BCUT2D eigenvalue weighted by Crippen LogP contribution is -2.27. The number of nitrogens with zero attached hydrogens (tertiary/aromatic N) is 1. The Morgan fingerprint density at radius 2 is 2.28 bits per heavy atom. The second-order valence-electron chi connectivity index (χ2n) is 3.51. The molecule has 18 heavy (non-hydrogen) atoms. The van der Waals surface area contributed by atoms with Crippen molar-refractivity contribution in [2.75, 3.05) is 18.9 Å².